The minimum atomic E-state index is -0.720. The number of benzene rings is 1. The van der Waals surface area contributed by atoms with Crippen LogP contribution in [0.15, 0.2) is 24.3 Å². The van der Waals surface area contributed by atoms with E-state index in [1.165, 1.54) is 0 Å². The quantitative estimate of drug-likeness (QED) is 0.817. The molecule has 1 unspecified atom stereocenters. The van der Waals surface area contributed by atoms with Gasteiger partial charge >= 0.3 is 5.97 Å². The number of para-hydroxylation sites is 1. The van der Waals surface area contributed by atoms with E-state index < -0.39 is 5.97 Å². The fourth-order valence-electron chi connectivity index (χ4n) is 3.22. The molecule has 24 heavy (non-hydrogen) atoms. The standard InChI is InChI=1S/C17H22ClN3O3/c18-13-3-1-2-4-14(13)19-15(22)11-20-7-9-21(10-8-20)16(17(23)24)12-5-6-12/h1-4,12,16H,5-11H2,(H,19,22)(H,23,24). The molecule has 1 aliphatic carbocycles. The van der Waals surface area contributed by atoms with Crippen molar-refractivity contribution in [2.24, 2.45) is 5.92 Å². The lowest BCUT2D eigenvalue weighted by Gasteiger charge is -2.37. The number of hydrogen-bond acceptors (Lipinski definition) is 4. The summed E-state index contributed by atoms with van der Waals surface area (Å²) in [4.78, 5) is 27.7. The molecule has 0 spiro atoms. The largest absolute Gasteiger partial charge is 0.480 e. The van der Waals surface area contributed by atoms with Gasteiger partial charge in [0.15, 0.2) is 0 Å². The third-order valence-electron chi connectivity index (χ3n) is 4.64. The van der Waals surface area contributed by atoms with Gasteiger partial charge in [-0.3, -0.25) is 19.4 Å². The number of hydrogen-bond donors (Lipinski definition) is 2. The first-order valence-electron chi connectivity index (χ1n) is 8.28. The van der Waals surface area contributed by atoms with E-state index in [2.05, 4.69) is 10.2 Å². The van der Waals surface area contributed by atoms with Gasteiger partial charge in [-0.25, -0.2) is 0 Å². The Morgan fingerprint density at radius 1 is 1.21 bits per heavy atom. The Morgan fingerprint density at radius 2 is 1.88 bits per heavy atom. The maximum atomic E-state index is 12.2. The Kier molecular flexibility index (Phi) is 5.38. The number of nitrogens with zero attached hydrogens (tertiary/aromatic N) is 2. The summed E-state index contributed by atoms with van der Waals surface area (Å²) in [5.74, 6) is -0.520. The van der Waals surface area contributed by atoms with Crippen LogP contribution >= 0.6 is 11.6 Å². The van der Waals surface area contributed by atoms with Crippen molar-refractivity contribution < 1.29 is 14.7 Å². The minimum Gasteiger partial charge on any atom is -0.480 e. The van der Waals surface area contributed by atoms with Gasteiger partial charge in [0.1, 0.15) is 6.04 Å². The highest BCUT2D eigenvalue weighted by Crippen LogP contribution is 2.35. The summed E-state index contributed by atoms with van der Waals surface area (Å²) >= 11 is 6.04. The number of carboxylic acids is 1. The van der Waals surface area contributed by atoms with E-state index in [1.54, 1.807) is 12.1 Å². The SMILES string of the molecule is O=C(CN1CCN(C(C(=O)O)C2CC2)CC1)Nc1ccccc1Cl. The lowest BCUT2D eigenvalue weighted by Crippen LogP contribution is -2.54. The Morgan fingerprint density at radius 3 is 2.46 bits per heavy atom. The number of halogens is 1. The maximum absolute atomic E-state index is 12.2. The van der Waals surface area contributed by atoms with Crippen LogP contribution in [0.1, 0.15) is 12.8 Å². The number of carbonyl (C=O) groups excluding carboxylic acids is 1. The highest BCUT2D eigenvalue weighted by Gasteiger charge is 2.41. The molecule has 0 bridgehead atoms. The van der Waals surface area contributed by atoms with Gasteiger partial charge in [0.05, 0.1) is 17.3 Å². The molecule has 1 aliphatic heterocycles. The molecule has 1 saturated carbocycles. The average Bonchev–Trinajstić information content (AvgIpc) is 3.36. The van der Waals surface area contributed by atoms with Crippen molar-refractivity contribution in [2.45, 2.75) is 18.9 Å². The fraction of sp³-hybridized carbons (Fsp3) is 0.529. The molecule has 0 radical (unpaired) electrons. The number of piperazine rings is 1. The topological polar surface area (TPSA) is 72.9 Å². The number of anilines is 1. The molecule has 1 aromatic rings. The van der Waals surface area contributed by atoms with Crippen molar-refractivity contribution in [2.75, 3.05) is 38.0 Å². The predicted molar refractivity (Wildman–Crippen MR) is 92.2 cm³/mol. The third kappa shape index (κ3) is 4.26. The second kappa shape index (κ2) is 7.51. The van der Waals surface area contributed by atoms with Gasteiger partial charge < -0.3 is 10.4 Å². The molecule has 1 amide bonds. The molecule has 0 aromatic heterocycles. The molecule has 7 heteroatoms. The van der Waals surface area contributed by atoms with E-state index in [4.69, 9.17) is 11.6 Å². The highest BCUT2D eigenvalue weighted by atomic mass is 35.5. The van der Waals surface area contributed by atoms with E-state index >= 15 is 0 Å². The zero-order chi connectivity index (χ0) is 17.1. The smallest absolute Gasteiger partial charge is 0.321 e. The Hall–Kier alpha value is -1.63. The molecule has 130 valence electrons. The van der Waals surface area contributed by atoms with Crippen molar-refractivity contribution in [1.29, 1.82) is 0 Å². The van der Waals surface area contributed by atoms with Gasteiger partial charge in [-0.1, -0.05) is 23.7 Å². The van der Waals surface area contributed by atoms with Crippen LogP contribution < -0.4 is 5.32 Å². The summed E-state index contributed by atoms with van der Waals surface area (Å²) in [6.07, 6.45) is 2.02. The molecule has 2 aliphatic rings. The summed E-state index contributed by atoms with van der Waals surface area (Å²) in [6, 6.07) is 6.79. The minimum absolute atomic E-state index is 0.103. The Balaban J connectivity index is 1.47. The number of amides is 1. The number of aliphatic carboxylic acids is 1. The molecular weight excluding hydrogens is 330 g/mol. The second-order valence-electron chi connectivity index (χ2n) is 6.46. The van der Waals surface area contributed by atoms with Crippen LogP contribution in [-0.2, 0) is 9.59 Å². The van der Waals surface area contributed by atoms with Crippen LogP contribution in [-0.4, -0.2) is 65.5 Å². The van der Waals surface area contributed by atoms with Gasteiger partial charge in [-0.15, -0.1) is 0 Å². The van der Waals surface area contributed by atoms with Crippen molar-refractivity contribution >= 4 is 29.2 Å². The van der Waals surface area contributed by atoms with E-state index in [9.17, 15) is 14.7 Å². The first-order chi connectivity index (χ1) is 11.5. The van der Waals surface area contributed by atoms with Crippen molar-refractivity contribution in [1.82, 2.24) is 9.80 Å². The van der Waals surface area contributed by atoms with E-state index in [1.807, 2.05) is 17.0 Å². The fourth-order valence-corrected chi connectivity index (χ4v) is 3.41. The summed E-state index contributed by atoms with van der Waals surface area (Å²) in [5.41, 5.74) is 0.613. The second-order valence-corrected chi connectivity index (χ2v) is 6.87. The first kappa shape index (κ1) is 17.2. The lowest BCUT2D eigenvalue weighted by molar-refractivity contribution is -0.145. The van der Waals surface area contributed by atoms with Crippen LogP contribution in [0.3, 0.4) is 0 Å². The van der Waals surface area contributed by atoms with Crippen molar-refractivity contribution in [3.8, 4) is 0 Å². The molecule has 3 rings (SSSR count). The number of nitrogens with one attached hydrogen (secondary N) is 1. The Labute approximate surface area is 146 Å². The van der Waals surface area contributed by atoms with Crippen LogP contribution in [0.4, 0.5) is 5.69 Å². The number of carbonyl (C=O) groups is 2. The molecule has 1 saturated heterocycles. The molecule has 6 nitrogen and oxygen atoms in total. The molecule has 1 heterocycles. The molecule has 1 aromatic carbocycles. The van der Waals surface area contributed by atoms with Crippen LogP contribution in [0, 0.1) is 5.92 Å². The van der Waals surface area contributed by atoms with Gasteiger partial charge in [-0.2, -0.15) is 0 Å². The van der Waals surface area contributed by atoms with Crippen molar-refractivity contribution in [3.63, 3.8) is 0 Å². The van der Waals surface area contributed by atoms with Crippen LogP contribution in [0.2, 0.25) is 5.02 Å². The van der Waals surface area contributed by atoms with Crippen LogP contribution in [0.25, 0.3) is 0 Å². The van der Waals surface area contributed by atoms with E-state index in [0.717, 1.165) is 12.8 Å². The van der Waals surface area contributed by atoms with Gasteiger partial charge in [0, 0.05) is 26.2 Å². The zero-order valence-corrected chi connectivity index (χ0v) is 14.2. The van der Waals surface area contributed by atoms with Crippen molar-refractivity contribution in [3.05, 3.63) is 29.3 Å². The molecule has 2 fully saturated rings. The molecule has 1 atom stereocenters. The summed E-state index contributed by atoms with van der Waals surface area (Å²) in [7, 11) is 0. The Bertz CT molecular complexity index is 613. The molecule has 2 N–H and O–H groups in total. The molecular formula is C17H22ClN3O3. The average molecular weight is 352 g/mol. The van der Waals surface area contributed by atoms with E-state index in [0.29, 0.717) is 49.4 Å². The number of rotatable bonds is 6. The summed E-state index contributed by atoms with van der Waals surface area (Å²) < 4.78 is 0. The van der Waals surface area contributed by atoms with Gasteiger partial charge in [0.2, 0.25) is 5.91 Å². The third-order valence-corrected chi connectivity index (χ3v) is 4.97. The number of carboxylic acid groups (broad SMARTS) is 1. The zero-order valence-electron chi connectivity index (χ0n) is 13.4. The monoisotopic (exact) mass is 351 g/mol. The van der Waals surface area contributed by atoms with Gasteiger partial charge in [0.25, 0.3) is 0 Å². The maximum Gasteiger partial charge on any atom is 0.321 e. The lowest BCUT2D eigenvalue weighted by atomic mass is 10.1. The summed E-state index contributed by atoms with van der Waals surface area (Å²) in [6.45, 7) is 3.07. The summed E-state index contributed by atoms with van der Waals surface area (Å²) in [5, 5.41) is 12.7. The highest BCUT2D eigenvalue weighted by molar-refractivity contribution is 6.33. The first-order valence-corrected chi connectivity index (χ1v) is 8.66. The van der Waals surface area contributed by atoms with E-state index in [-0.39, 0.29) is 11.9 Å². The predicted octanol–water partition coefficient (Wildman–Crippen LogP) is 1.76. The van der Waals surface area contributed by atoms with Gasteiger partial charge in [-0.05, 0) is 30.9 Å². The normalized spacial score (nSPS) is 20.5. The van der Waals surface area contributed by atoms with Crippen LogP contribution in [0.5, 0.6) is 0 Å².